The van der Waals surface area contributed by atoms with Crippen LogP contribution in [0.25, 0.3) is 0 Å². The summed E-state index contributed by atoms with van der Waals surface area (Å²) in [5.74, 6) is 2.41. The van der Waals surface area contributed by atoms with Gasteiger partial charge in [-0.1, -0.05) is 79.9 Å². The molecular formula is C33H46N2O. The van der Waals surface area contributed by atoms with Crippen molar-refractivity contribution in [1.82, 2.24) is 9.80 Å². The molecule has 2 aromatic rings. The van der Waals surface area contributed by atoms with Crippen LogP contribution in [0, 0.1) is 11.8 Å². The quantitative estimate of drug-likeness (QED) is 0.378. The maximum Gasteiger partial charge on any atom is 0.219 e. The highest BCUT2D eigenvalue weighted by Gasteiger charge is 2.42. The monoisotopic (exact) mass is 486 g/mol. The smallest absolute Gasteiger partial charge is 0.219 e. The Morgan fingerprint density at radius 2 is 1.53 bits per heavy atom. The number of nitrogens with zero attached hydrogens (tertiary/aromatic N) is 2. The normalized spacial score (nSPS) is 25.9. The van der Waals surface area contributed by atoms with Crippen molar-refractivity contribution in [2.24, 2.45) is 11.8 Å². The molecule has 3 fully saturated rings. The number of carbonyl (C=O) groups is 1. The van der Waals surface area contributed by atoms with Crippen molar-refractivity contribution in [2.75, 3.05) is 19.6 Å². The first kappa shape index (κ1) is 25.5. The summed E-state index contributed by atoms with van der Waals surface area (Å²) in [7, 11) is 0. The molecule has 0 spiro atoms. The molecule has 0 aromatic heterocycles. The lowest BCUT2D eigenvalue weighted by molar-refractivity contribution is -0.133. The van der Waals surface area contributed by atoms with Crippen LogP contribution in [0.2, 0.25) is 0 Å². The van der Waals surface area contributed by atoms with Crippen LogP contribution >= 0.6 is 0 Å². The predicted molar refractivity (Wildman–Crippen MR) is 149 cm³/mol. The second kappa shape index (κ2) is 12.4. The van der Waals surface area contributed by atoms with Crippen molar-refractivity contribution >= 4 is 5.91 Å². The van der Waals surface area contributed by atoms with Crippen LogP contribution < -0.4 is 0 Å². The maximum absolute atomic E-state index is 12.8. The van der Waals surface area contributed by atoms with E-state index in [9.17, 15) is 4.79 Å². The van der Waals surface area contributed by atoms with Crippen LogP contribution in [-0.4, -0.2) is 47.4 Å². The zero-order valence-electron chi connectivity index (χ0n) is 22.4. The average molecular weight is 487 g/mol. The van der Waals surface area contributed by atoms with Crippen LogP contribution in [0.15, 0.2) is 60.7 Å². The van der Waals surface area contributed by atoms with Crippen LogP contribution in [0.1, 0.15) is 88.2 Å². The van der Waals surface area contributed by atoms with Crippen molar-refractivity contribution in [3.05, 3.63) is 71.8 Å². The molecule has 5 rings (SSSR count). The van der Waals surface area contributed by atoms with Gasteiger partial charge in [-0.05, 0) is 93.3 Å². The summed E-state index contributed by atoms with van der Waals surface area (Å²) in [6.45, 7) is 5.50. The number of amides is 1. The Bertz CT molecular complexity index is 931. The van der Waals surface area contributed by atoms with E-state index in [1.54, 1.807) is 0 Å². The lowest BCUT2D eigenvalue weighted by atomic mass is 9.87. The fourth-order valence-corrected chi connectivity index (χ4v) is 7.66. The zero-order valence-corrected chi connectivity index (χ0v) is 22.4. The van der Waals surface area contributed by atoms with Crippen molar-refractivity contribution < 1.29 is 4.79 Å². The Kier molecular flexibility index (Phi) is 8.80. The van der Waals surface area contributed by atoms with Gasteiger partial charge in [0, 0.05) is 25.6 Å². The first-order chi connectivity index (χ1) is 17.7. The standard InChI is InChI=1S/C33H46N2O/c1-26(36)35(31-17-8-9-18-31)32-23-30(33(24-32)29-15-6-3-7-16-29)25-34-21-19-28(20-22-34)14-10-13-27-11-4-2-5-12-27/h2-7,11-12,15-16,28,30-33H,8-10,13-14,17-25H2,1H3/t30-,32?,33-/m1/s1. The van der Waals surface area contributed by atoms with E-state index in [2.05, 4.69) is 70.5 Å². The second-order valence-corrected chi connectivity index (χ2v) is 11.9. The highest BCUT2D eigenvalue weighted by molar-refractivity contribution is 5.74. The van der Waals surface area contributed by atoms with Crippen molar-refractivity contribution in [3.8, 4) is 0 Å². The van der Waals surface area contributed by atoms with Crippen molar-refractivity contribution in [3.63, 3.8) is 0 Å². The van der Waals surface area contributed by atoms with Crippen LogP contribution in [0.4, 0.5) is 0 Å². The summed E-state index contributed by atoms with van der Waals surface area (Å²) in [5, 5.41) is 0. The largest absolute Gasteiger partial charge is 0.337 e. The SMILES string of the molecule is CC(=O)N(C1CCCC1)C1C[C@H](CN2CCC(CCCc3ccccc3)CC2)[C@@H](c2ccccc2)C1. The molecule has 1 amide bonds. The van der Waals surface area contributed by atoms with Gasteiger partial charge in [0.1, 0.15) is 0 Å². The Labute approximate surface area is 219 Å². The Hall–Kier alpha value is -2.13. The Morgan fingerprint density at radius 3 is 2.19 bits per heavy atom. The van der Waals surface area contributed by atoms with E-state index < -0.39 is 0 Å². The zero-order chi connectivity index (χ0) is 24.7. The molecule has 1 saturated heterocycles. The molecule has 2 aromatic carbocycles. The van der Waals surface area contributed by atoms with Gasteiger partial charge >= 0.3 is 0 Å². The lowest BCUT2D eigenvalue weighted by Gasteiger charge is -2.35. The van der Waals surface area contributed by atoms with Crippen LogP contribution in [0.5, 0.6) is 0 Å². The lowest BCUT2D eigenvalue weighted by Crippen LogP contribution is -2.44. The van der Waals surface area contributed by atoms with Crippen molar-refractivity contribution in [1.29, 1.82) is 0 Å². The number of rotatable bonds is 9. The average Bonchev–Trinajstić information content (AvgIpc) is 3.57. The topological polar surface area (TPSA) is 23.6 Å². The van der Waals surface area contributed by atoms with Gasteiger partial charge in [0.25, 0.3) is 0 Å². The molecule has 0 radical (unpaired) electrons. The minimum Gasteiger partial charge on any atom is -0.337 e. The molecule has 3 nitrogen and oxygen atoms in total. The van der Waals surface area contributed by atoms with E-state index in [4.69, 9.17) is 0 Å². The summed E-state index contributed by atoms with van der Waals surface area (Å²) in [6, 6.07) is 23.0. The van der Waals surface area contributed by atoms with E-state index in [0.717, 1.165) is 12.3 Å². The molecule has 1 unspecified atom stereocenters. The highest BCUT2D eigenvalue weighted by Crippen LogP contribution is 2.44. The first-order valence-electron chi connectivity index (χ1n) is 14.8. The van der Waals surface area contributed by atoms with E-state index >= 15 is 0 Å². The molecule has 3 atom stereocenters. The molecule has 2 saturated carbocycles. The van der Waals surface area contributed by atoms with Gasteiger partial charge in [0.15, 0.2) is 0 Å². The Balaban J connectivity index is 1.17. The number of hydrogen-bond acceptors (Lipinski definition) is 2. The third-order valence-electron chi connectivity index (χ3n) is 9.49. The van der Waals surface area contributed by atoms with Gasteiger partial charge in [0.05, 0.1) is 0 Å². The molecule has 0 N–H and O–H groups in total. The van der Waals surface area contributed by atoms with Gasteiger partial charge in [-0.2, -0.15) is 0 Å². The van der Waals surface area contributed by atoms with Gasteiger partial charge < -0.3 is 9.80 Å². The third kappa shape index (κ3) is 6.40. The molecule has 1 aliphatic heterocycles. The fourth-order valence-electron chi connectivity index (χ4n) is 7.66. The second-order valence-electron chi connectivity index (χ2n) is 11.9. The van der Waals surface area contributed by atoms with Crippen LogP contribution in [-0.2, 0) is 11.2 Å². The van der Waals surface area contributed by atoms with E-state index in [-0.39, 0.29) is 0 Å². The molecule has 2 aliphatic carbocycles. The summed E-state index contributed by atoms with van der Waals surface area (Å²) in [4.78, 5) is 17.9. The number of piperidine rings is 1. The molecule has 36 heavy (non-hydrogen) atoms. The minimum absolute atomic E-state index is 0.302. The van der Waals surface area contributed by atoms with Gasteiger partial charge in [-0.3, -0.25) is 4.79 Å². The summed E-state index contributed by atoms with van der Waals surface area (Å²) >= 11 is 0. The number of benzene rings is 2. The molecule has 3 heteroatoms. The van der Waals surface area contributed by atoms with Crippen molar-refractivity contribution in [2.45, 2.75) is 95.6 Å². The van der Waals surface area contributed by atoms with Gasteiger partial charge in [-0.15, -0.1) is 0 Å². The summed E-state index contributed by atoms with van der Waals surface area (Å²) in [6.07, 6.45) is 13.9. The number of hydrogen-bond donors (Lipinski definition) is 0. The van der Waals surface area contributed by atoms with Gasteiger partial charge in [0.2, 0.25) is 5.91 Å². The van der Waals surface area contributed by atoms with Crippen LogP contribution in [0.3, 0.4) is 0 Å². The molecule has 194 valence electrons. The fraction of sp³-hybridized carbons (Fsp3) is 0.606. The maximum atomic E-state index is 12.8. The van der Waals surface area contributed by atoms with Gasteiger partial charge in [-0.25, -0.2) is 0 Å². The summed E-state index contributed by atoms with van der Waals surface area (Å²) < 4.78 is 0. The van der Waals surface area contributed by atoms with E-state index in [1.807, 2.05) is 6.92 Å². The number of aryl methyl sites for hydroxylation is 1. The summed E-state index contributed by atoms with van der Waals surface area (Å²) in [5.41, 5.74) is 2.96. The molecule has 1 heterocycles. The minimum atomic E-state index is 0.302. The molecule has 3 aliphatic rings. The first-order valence-corrected chi connectivity index (χ1v) is 14.8. The van der Waals surface area contributed by atoms with E-state index in [0.29, 0.717) is 29.8 Å². The third-order valence-corrected chi connectivity index (χ3v) is 9.49. The highest BCUT2D eigenvalue weighted by atomic mass is 16.2. The van der Waals surface area contributed by atoms with E-state index in [1.165, 1.54) is 95.0 Å². The predicted octanol–water partition coefficient (Wildman–Crippen LogP) is 7.07. The Morgan fingerprint density at radius 1 is 0.861 bits per heavy atom. The number of likely N-dealkylation sites (tertiary alicyclic amines) is 1. The molecular weight excluding hydrogens is 440 g/mol. The molecule has 0 bridgehead atoms. The number of carbonyl (C=O) groups excluding carboxylic acids is 1.